The van der Waals surface area contributed by atoms with Gasteiger partial charge >= 0.3 is 0 Å². The molecule has 1 aliphatic heterocycles. The van der Waals surface area contributed by atoms with Crippen molar-refractivity contribution in [2.75, 3.05) is 12.8 Å². The van der Waals surface area contributed by atoms with Crippen LogP contribution in [-0.4, -0.2) is 28.6 Å². The quantitative estimate of drug-likeness (QED) is 0.780. The number of carbonyl (C=O) groups excluding carboxylic acids is 1. The largest absolute Gasteiger partial charge is 0.330 e. The number of thiazole rings is 1. The molecular weight excluding hydrogens is 319 g/mol. The summed E-state index contributed by atoms with van der Waals surface area (Å²) in [7, 11) is 0. The first-order chi connectivity index (χ1) is 10.7. The van der Waals surface area contributed by atoms with E-state index in [4.69, 9.17) is 0 Å². The van der Waals surface area contributed by atoms with Crippen LogP contribution < -0.4 is 0 Å². The lowest BCUT2D eigenvalue weighted by Crippen LogP contribution is -2.38. The maximum Gasteiger partial charge on any atom is 0.273 e. The molecule has 0 aliphatic carbocycles. The van der Waals surface area contributed by atoms with Gasteiger partial charge in [0.2, 0.25) is 0 Å². The highest BCUT2D eigenvalue weighted by Crippen LogP contribution is 2.33. The molecule has 0 radical (unpaired) electrons. The summed E-state index contributed by atoms with van der Waals surface area (Å²) in [5.74, 6) is -0.306. The number of benzene rings is 1. The van der Waals surface area contributed by atoms with Crippen molar-refractivity contribution < 1.29 is 9.18 Å². The van der Waals surface area contributed by atoms with Crippen molar-refractivity contribution in [3.8, 4) is 0 Å². The molecule has 6 heteroatoms. The number of piperidine rings is 1. The molecule has 1 aliphatic rings. The minimum absolute atomic E-state index is 0.0505. The molecule has 0 bridgehead atoms. The van der Waals surface area contributed by atoms with Crippen molar-refractivity contribution in [3.05, 3.63) is 46.7 Å². The molecule has 3 nitrogen and oxygen atoms in total. The Balaban J connectivity index is 1.87. The predicted octanol–water partition coefficient (Wildman–Crippen LogP) is 4.37. The van der Waals surface area contributed by atoms with Gasteiger partial charge in [0.15, 0.2) is 0 Å². The average Bonchev–Trinajstić information content (AvgIpc) is 3.03. The summed E-state index contributed by atoms with van der Waals surface area (Å²) in [5.41, 5.74) is 1.37. The molecule has 2 heterocycles. The molecule has 1 unspecified atom stereocenters. The minimum Gasteiger partial charge on any atom is -0.330 e. The molecule has 1 aromatic carbocycles. The van der Waals surface area contributed by atoms with Gasteiger partial charge in [-0.05, 0) is 43.2 Å². The van der Waals surface area contributed by atoms with Gasteiger partial charge in [-0.25, -0.2) is 9.37 Å². The van der Waals surface area contributed by atoms with Gasteiger partial charge in [-0.2, -0.15) is 0 Å². The Bertz CT molecular complexity index is 674. The topological polar surface area (TPSA) is 33.2 Å². The second-order valence-electron chi connectivity index (χ2n) is 5.27. The minimum atomic E-state index is -0.256. The third-order valence-corrected chi connectivity index (χ3v) is 5.74. The molecule has 1 atom stereocenters. The van der Waals surface area contributed by atoms with Crippen molar-refractivity contribution >= 4 is 29.0 Å². The zero-order valence-corrected chi connectivity index (χ0v) is 13.9. The summed E-state index contributed by atoms with van der Waals surface area (Å²) < 4.78 is 14.4. The molecule has 0 spiro atoms. The first-order valence-corrected chi connectivity index (χ1v) is 9.35. The molecule has 22 heavy (non-hydrogen) atoms. The number of amides is 1. The van der Waals surface area contributed by atoms with Gasteiger partial charge in [-0.1, -0.05) is 23.9 Å². The van der Waals surface area contributed by atoms with E-state index in [1.54, 1.807) is 6.07 Å². The van der Waals surface area contributed by atoms with Gasteiger partial charge in [0, 0.05) is 11.9 Å². The molecule has 0 N–H and O–H groups in total. The lowest BCUT2D eigenvalue weighted by Gasteiger charge is -2.35. The van der Waals surface area contributed by atoms with Gasteiger partial charge in [0.1, 0.15) is 15.9 Å². The van der Waals surface area contributed by atoms with Crippen molar-refractivity contribution in [1.29, 1.82) is 0 Å². The number of nitrogens with zero attached hydrogens (tertiary/aromatic N) is 2. The summed E-state index contributed by atoms with van der Waals surface area (Å²) in [4.78, 5) is 19.0. The summed E-state index contributed by atoms with van der Waals surface area (Å²) in [6, 6.07) is 6.51. The molecule has 1 fully saturated rings. The first kappa shape index (κ1) is 15.5. The monoisotopic (exact) mass is 336 g/mol. The average molecular weight is 336 g/mol. The second-order valence-corrected chi connectivity index (χ2v) is 7.18. The summed E-state index contributed by atoms with van der Waals surface area (Å²) in [6.45, 7) is 0.701. The summed E-state index contributed by atoms with van der Waals surface area (Å²) >= 11 is 3.03. The molecule has 116 valence electrons. The van der Waals surface area contributed by atoms with Crippen LogP contribution >= 0.6 is 23.1 Å². The Morgan fingerprint density at radius 2 is 2.32 bits per heavy atom. The van der Waals surface area contributed by atoms with E-state index in [2.05, 4.69) is 4.98 Å². The smallest absolute Gasteiger partial charge is 0.273 e. The number of aromatic nitrogens is 1. The van der Waals surface area contributed by atoms with E-state index in [-0.39, 0.29) is 17.8 Å². The fourth-order valence-corrected chi connectivity index (χ4v) is 4.07. The maximum absolute atomic E-state index is 13.5. The summed E-state index contributed by atoms with van der Waals surface area (Å²) in [6.07, 6.45) is 4.85. The molecule has 1 amide bonds. The zero-order valence-electron chi connectivity index (χ0n) is 12.3. The van der Waals surface area contributed by atoms with Crippen molar-refractivity contribution in [2.45, 2.75) is 29.6 Å². The fourth-order valence-electron chi connectivity index (χ4n) is 2.83. The number of thioether (sulfide) groups is 1. The van der Waals surface area contributed by atoms with Crippen molar-refractivity contribution in [3.63, 3.8) is 0 Å². The van der Waals surface area contributed by atoms with Crippen LogP contribution in [0, 0.1) is 5.82 Å². The molecule has 1 saturated heterocycles. The Labute approximate surface area is 137 Å². The van der Waals surface area contributed by atoms with Crippen LogP contribution in [0.3, 0.4) is 0 Å². The van der Waals surface area contributed by atoms with Crippen LogP contribution in [0.1, 0.15) is 41.4 Å². The van der Waals surface area contributed by atoms with Gasteiger partial charge < -0.3 is 4.90 Å². The van der Waals surface area contributed by atoms with E-state index >= 15 is 0 Å². The predicted molar refractivity (Wildman–Crippen MR) is 87.9 cm³/mol. The van der Waals surface area contributed by atoms with Gasteiger partial charge in [0.25, 0.3) is 5.91 Å². The van der Waals surface area contributed by atoms with Crippen LogP contribution in [0.5, 0.6) is 0 Å². The maximum atomic E-state index is 13.5. The van der Waals surface area contributed by atoms with Gasteiger partial charge in [-0.15, -0.1) is 11.3 Å². The van der Waals surface area contributed by atoms with Crippen LogP contribution in [0.4, 0.5) is 4.39 Å². The fraction of sp³-hybridized carbons (Fsp3) is 0.375. The Morgan fingerprint density at radius 3 is 3.05 bits per heavy atom. The number of likely N-dealkylation sites (tertiary alicyclic amines) is 1. The molecular formula is C16H17FN2OS2. The van der Waals surface area contributed by atoms with E-state index in [1.165, 1.54) is 35.2 Å². The van der Waals surface area contributed by atoms with E-state index in [1.807, 2.05) is 22.6 Å². The summed E-state index contributed by atoms with van der Waals surface area (Å²) in [5, 5.41) is 1.81. The number of halogens is 1. The number of carbonyl (C=O) groups is 1. The Morgan fingerprint density at radius 1 is 1.45 bits per heavy atom. The van der Waals surface area contributed by atoms with Crippen LogP contribution in [0.2, 0.25) is 0 Å². The number of hydrogen-bond donors (Lipinski definition) is 0. The molecule has 2 aromatic rings. The highest BCUT2D eigenvalue weighted by Gasteiger charge is 2.30. The number of rotatable bonds is 3. The lowest BCUT2D eigenvalue weighted by atomic mass is 9.95. The van der Waals surface area contributed by atoms with E-state index in [9.17, 15) is 9.18 Å². The van der Waals surface area contributed by atoms with E-state index in [0.29, 0.717) is 12.2 Å². The van der Waals surface area contributed by atoms with Crippen LogP contribution in [-0.2, 0) is 0 Å². The SMILES string of the molecule is CSc1nc(C(=O)N2CCCCC2c2cccc(F)c2)cs1. The highest BCUT2D eigenvalue weighted by molar-refractivity contribution is 8.00. The molecule has 1 aromatic heterocycles. The number of hydrogen-bond acceptors (Lipinski definition) is 4. The third-order valence-electron chi connectivity index (χ3n) is 3.87. The lowest BCUT2D eigenvalue weighted by molar-refractivity contribution is 0.0605. The van der Waals surface area contributed by atoms with Crippen molar-refractivity contribution in [1.82, 2.24) is 9.88 Å². The van der Waals surface area contributed by atoms with Gasteiger partial charge in [-0.3, -0.25) is 4.79 Å². The zero-order chi connectivity index (χ0) is 15.5. The van der Waals surface area contributed by atoms with Crippen molar-refractivity contribution in [2.24, 2.45) is 0 Å². The Kier molecular flexibility index (Phi) is 4.78. The normalized spacial score (nSPS) is 18.5. The highest BCUT2D eigenvalue weighted by atomic mass is 32.2. The van der Waals surface area contributed by atoms with Crippen LogP contribution in [0.15, 0.2) is 34.0 Å². The standard InChI is InChI=1S/C16H17FN2OS2/c1-21-16-18-13(10-22-16)15(20)19-8-3-2-7-14(19)11-5-4-6-12(17)9-11/h4-6,9-10,14H,2-3,7-8H2,1H3. The van der Waals surface area contributed by atoms with Gasteiger partial charge in [0.05, 0.1) is 6.04 Å². The Hall–Kier alpha value is -1.40. The third kappa shape index (κ3) is 3.17. The molecule has 0 saturated carbocycles. The second kappa shape index (κ2) is 6.79. The molecule has 3 rings (SSSR count). The van der Waals surface area contributed by atoms with E-state index in [0.717, 1.165) is 29.2 Å². The van der Waals surface area contributed by atoms with Crippen LogP contribution in [0.25, 0.3) is 0 Å². The van der Waals surface area contributed by atoms with E-state index < -0.39 is 0 Å². The first-order valence-electron chi connectivity index (χ1n) is 7.25.